The summed E-state index contributed by atoms with van der Waals surface area (Å²) in [4.78, 5) is 3.98. The highest BCUT2D eigenvalue weighted by atomic mass is 19.4. The van der Waals surface area contributed by atoms with Gasteiger partial charge in [-0.3, -0.25) is 0 Å². The molecule has 3 rings (SSSR count). The zero-order chi connectivity index (χ0) is 17.2. The molecule has 1 aromatic heterocycles. The molecule has 0 saturated heterocycles. The fourth-order valence-electron chi connectivity index (χ4n) is 2.60. The van der Waals surface area contributed by atoms with Gasteiger partial charge in [0.25, 0.3) is 0 Å². The van der Waals surface area contributed by atoms with Gasteiger partial charge in [-0.15, -0.1) is 0 Å². The second-order valence-corrected chi connectivity index (χ2v) is 5.50. The van der Waals surface area contributed by atoms with Crippen LogP contribution in [0.5, 0.6) is 0 Å². The SMILES string of the molecule is Nc1cc(-c2ccccc2Cc2ccc(C(F)(F)F)cc2)ccn1. The van der Waals surface area contributed by atoms with Gasteiger partial charge in [0, 0.05) is 6.20 Å². The molecule has 5 heteroatoms. The summed E-state index contributed by atoms with van der Waals surface area (Å²) in [5.74, 6) is 0.428. The summed E-state index contributed by atoms with van der Waals surface area (Å²) in [7, 11) is 0. The quantitative estimate of drug-likeness (QED) is 0.739. The number of hydrogen-bond acceptors (Lipinski definition) is 2. The Morgan fingerprint density at radius 3 is 2.29 bits per heavy atom. The van der Waals surface area contributed by atoms with Crippen molar-refractivity contribution in [2.75, 3.05) is 5.73 Å². The van der Waals surface area contributed by atoms with Crippen LogP contribution in [-0.2, 0) is 12.6 Å². The Morgan fingerprint density at radius 2 is 1.62 bits per heavy atom. The van der Waals surface area contributed by atoms with Crippen LogP contribution in [0.2, 0.25) is 0 Å². The van der Waals surface area contributed by atoms with Crippen LogP contribution in [0.3, 0.4) is 0 Å². The first-order valence-corrected chi connectivity index (χ1v) is 7.39. The number of anilines is 1. The Morgan fingerprint density at radius 1 is 0.917 bits per heavy atom. The fraction of sp³-hybridized carbons (Fsp3) is 0.105. The highest BCUT2D eigenvalue weighted by Crippen LogP contribution is 2.30. The zero-order valence-electron chi connectivity index (χ0n) is 12.7. The van der Waals surface area contributed by atoms with E-state index in [2.05, 4.69) is 4.98 Å². The molecule has 2 N–H and O–H groups in total. The average Bonchev–Trinajstić information content (AvgIpc) is 2.55. The van der Waals surface area contributed by atoms with Gasteiger partial charge in [-0.05, 0) is 52.9 Å². The third-order valence-corrected chi connectivity index (χ3v) is 3.79. The molecule has 0 bridgehead atoms. The molecule has 0 unspecified atom stereocenters. The van der Waals surface area contributed by atoms with Gasteiger partial charge in [-0.2, -0.15) is 13.2 Å². The molecule has 3 aromatic rings. The van der Waals surface area contributed by atoms with Gasteiger partial charge in [0.05, 0.1) is 5.56 Å². The van der Waals surface area contributed by atoms with E-state index in [9.17, 15) is 13.2 Å². The van der Waals surface area contributed by atoms with Gasteiger partial charge in [-0.1, -0.05) is 36.4 Å². The molecule has 122 valence electrons. The summed E-state index contributed by atoms with van der Waals surface area (Å²) in [6.07, 6.45) is -2.14. The van der Waals surface area contributed by atoms with E-state index in [1.165, 1.54) is 12.1 Å². The van der Waals surface area contributed by atoms with E-state index < -0.39 is 11.7 Å². The highest BCUT2D eigenvalue weighted by molar-refractivity contribution is 5.69. The van der Waals surface area contributed by atoms with Crippen LogP contribution in [0.1, 0.15) is 16.7 Å². The molecule has 0 aliphatic rings. The fourth-order valence-corrected chi connectivity index (χ4v) is 2.60. The Labute approximate surface area is 137 Å². The molecule has 24 heavy (non-hydrogen) atoms. The Bertz CT molecular complexity index is 840. The van der Waals surface area contributed by atoms with Crippen LogP contribution < -0.4 is 5.73 Å². The number of nitrogens with two attached hydrogens (primary N) is 1. The summed E-state index contributed by atoms with van der Waals surface area (Å²) in [5, 5.41) is 0. The molecule has 0 amide bonds. The maximum absolute atomic E-state index is 12.7. The molecule has 0 fully saturated rings. The summed E-state index contributed by atoms with van der Waals surface area (Å²) in [5.41, 5.74) is 8.86. The molecular formula is C19H15F3N2. The lowest BCUT2D eigenvalue weighted by Crippen LogP contribution is -2.04. The zero-order valence-corrected chi connectivity index (χ0v) is 12.7. The van der Waals surface area contributed by atoms with Crippen molar-refractivity contribution in [2.45, 2.75) is 12.6 Å². The van der Waals surface area contributed by atoms with Gasteiger partial charge in [0.15, 0.2) is 0 Å². The number of benzene rings is 2. The topological polar surface area (TPSA) is 38.9 Å². The molecule has 0 saturated carbocycles. The lowest BCUT2D eigenvalue weighted by atomic mass is 9.95. The smallest absolute Gasteiger partial charge is 0.384 e. The van der Waals surface area contributed by atoms with Crippen LogP contribution in [-0.4, -0.2) is 4.98 Å². The van der Waals surface area contributed by atoms with E-state index in [4.69, 9.17) is 5.73 Å². The molecule has 0 aliphatic heterocycles. The number of pyridine rings is 1. The standard InChI is InChI=1S/C19H15F3N2/c20-19(21,22)16-7-5-13(6-8-16)11-14-3-1-2-4-17(14)15-9-10-24-18(23)12-15/h1-10,12H,11H2,(H2,23,24). The third-order valence-electron chi connectivity index (χ3n) is 3.79. The highest BCUT2D eigenvalue weighted by Gasteiger charge is 2.29. The Hall–Kier alpha value is -2.82. The summed E-state index contributed by atoms with van der Waals surface area (Å²) < 4.78 is 38.0. The molecular weight excluding hydrogens is 313 g/mol. The molecule has 2 aromatic carbocycles. The van der Waals surface area contributed by atoms with Gasteiger partial charge in [-0.25, -0.2) is 4.98 Å². The lowest BCUT2D eigenvalue weighted by Gasteiger charge is -2.11. The normalized spacial score (nSPS) is 11.5. The number of aromatic nitrogens is 1. The summed E-state index contributed by atoms with van der Waals surface area (Å²) in [6.45, 7) is 0. The van der Waals surface area contributed by atoms with Crippen molar-refractivity contribution in [2.24, 2.45) is 0 Å². The second kappa shape index (κ2) is 6.35. The minimum absolute atomic E-state index is 0.428. The van der Waals surface area contributed by atoms with Crippen molar-refractivity contribution in [1.29, 1.82) is 0 Å². The molecule has 0 atom stereocenters. The number of nitrogen functional groups attached to an aromatic ring is 1. The van der Waals surface area contributed by atoms with E-state index in [1.807, 2.05) is 30.3 Å². The van der Waals surface area contributed by atoms with Crippen molar-refractivity contribution in [3.63, 3.8) is 0 Å². The van der Waals surface area contributed by atoms with Crippen LogP contribution >= 0.6 is 0 Å². The maximum atomic E-state index is 12.7. The van der Waals surface area contributed by atoms with Crippen molar-refractivity contribution >= 4 is 5.82 Å². The second-order valence-electron chi connectivity index (χ2n) is 5.50. The van der Waals surface area contributed by atoms with E-state index in [-0.39, 0.29) is 0 Å². The first kappa shape index (κ1) is 16.1. The minimum Gasteiger partial charge on any atom is -0.384 e. The molecule has 0 radical (unpaired) electrons. The predicted octanol–water partition coefficient (Wildman–Crippen LogP) is 4.94. The Kier molecular flexibility index (Phi) is 4.25. The van der Waals surface area contributed by atoms with Crippen LogP contribution in [0.15, 0.2) is 66.9 Å². The number of hydrogen-bond donors (Lipinski definition) is 1. The van der Waals surface area contributed by atoms with Gasteiger partial charge >= 0.3 is 6.18 Å². The Balaban J connectivity index is 1.91. The monoisotopic (exact) mass is 328 g/mol. The van der Waals surface area contributed by atoms with E-state index in [1.54, 1.807) is 12.3 Å². The lowest BCUT2D eigenvalue weighted by molar-refractivity contribution is -0.137. The summed E-state index contributed by atoms with van der Waals surface area (Å²) >= 11 is 0. The molecule has 2 nitrogen and oxygen atoms in total. The average molecular weight is 328 g/mol. The number of halogens is 3. The third kappa shape index (κ3) is 3.56. The van der Waals surface area contributed by atoms with Crippen LogP contribution in [0, 0.1) is 0 Å². The predicted molar refractivity (Wildman–Crippen MR) is 88.3 cm³/mol. The van der Waals surface area contributed by atoms with E-state index in [0.717, 1.165) is 34.4 Å². The van der Waals surface area contributed by atoms with Crippen molar-refractivity contribution < 1.29 is 13.2 Å². The maximum Gasteiger partial charge on any atom is 0.416 e. The van der Waals surface area contributed by atoms with Crippen molar-refractivity contribution in [1.82, 2.24) is 4.98 Å². The van der Waals surface area contributed by atoms with Crippen LogP contribution in [0.25, 0.3) is 11.1 Å². The van der Waals surface area contributed by atoms with E-state index in [0.29, 0.717) is 12.2 Å². The number of rotatable bonds is 3. The molecule has 1 heterocycles. The van der Waals surface area contributed by atoms with E-state index >= 15 is 0 Å². The number of alkyl halides is 3. The largest absolute Gasteiger partial charge is 0.416 e. The minimum atomic E-state index is -4.31. The number of nitrogens with zero attached hydrogens (tertiary/aromatic N) is 1. The molecule has 0 spiro atoms. The summed E-state index contributed by atoms with van der Waals surface area (Å²) in [6, 6.07) is 16.7. The molecule has 0 aliphatic carbocycles. The van der Waals surface area contributed by atoms with Crippen molar-refractivity contribution in [3.05, 3.63) is 83.6 Å². The van der Waals surface area contributed by atoms with Crippen LogP contribution in [0.4, 0.5) is 19.0 Å². The van der Waals surface area contributed by atoms with Gasteiger partial charge in [0.1, 0.15) is 5.82 Å². The van der Waals surface area contributed by atoms with Crippen molar-refractivity contribution in [3.8, 4) is 11.1 Å². The van der Waals surface area contributed by atoms with Gasteiger partial charge in [0.2, 0.25) is 0 Å². The first-order chi connectivity index (χ1) is 11.4. The van der Waals surface area contributed by atoms with Gasteiger partial charge < -0.3 is 5.73 Å². The first-order valence-electron chi connectivity index (χ1n) is 7.39.